The summed E-state index contributed by atoms with van der Waals surface area (Å²) in [5, 5.41) is 3.09. The summed E-state index contributed by atoms with van der Waals surface area (Å²) in [5.41, 5.74) is 2.31. The van der Waals surface area contributed by atoms with Crippen LogP contribution in [0.3, 0.4) is 0 Å². The molecule has 2 fully saturated rings. The lowest BCUT2D eigenvalue weighted by atomic mass is 9.94. The second-order valence-corrected chi connectivity index (χ2v) is 9.64. The third kappa shape index (κ3) is 4.36. The van der Waals surface area contributed by atoms with Crippen LogP contribution < -0.4 is 21.5 Å². The molecule has 0 bridgehead atoms. The molecule has 34 heavy (non-hydrogen) atoms. The molecule has 178 valence electrons. The Labute approximate surface area is 198 Å². The number of H-pyrrole nitrogens is 1. The van der Waals surface area contributed by atoms with Gasteiger partial charge in [-0.2, -0.15) is 0 Å². The molecule has 5 rings (SSSR count). The number of nitrogens with one attached hydrogen (secondary N) is 2. The molecule has 0 unspecified atom stereocenters. The predicted octanol–water partition coefficient (Wildman–Crippen LogP) is 3.20. The molecule has 0 radical (unpaired) electrons. The zero-order chi connectivity index (χ0) is 23.8. The molecule has 2 aliphatic carbocycles. The van der Waals surface area contributed by atoms with Gasteiger partial charge in [-0.05, 0) is 49.4 Å². The first-order chi connectivity index (χ1) is 16.4. The summed E-state index contributed by atoms with van der Waals surface area (Å²) < 4.78 is 1.29. The van der Waals surface area contributed by atoms with E-state index in [0.717, 1.165) is 24.1 Å². The van der Waals surface area contributed by atoms with Crippen LogP contribution in [0.5, 0.6) is 0 Å². The van der Waals surface area contributed by atoms with Crippen molar-refractivity contribution >= 4 is 22.6 Å². The number of pyridine rings is 1. The van der Waals surface area contributed by atoms with Gasteiger partial charge in [0.2, 0.25) is 0 Å². The molecule has 0 aliphatic heterocycles. The molecule has 0 atom stereocenters. The third-order valence-electron chi connectivity index (χ3n) is 7.25. The van der Waals surface area contributed by atoms with Gasteiger partial charge < -0.3 is 10.2 Å². The lowest BCUT2D eigenvalue weighted by molar-refractivity contribution is 0.0952. The summed E-state index contributed by atoms with van der Waals surface area (Å²) in [4.78, 5) is 47.0. The number of nitrogens with zero attached hydrogens (tertiary/aromatic N) is 3. The van der Waals surface area contributed by atoms with E-state index in [1.54, 1.807) is 13.1 Å². The molecule has 3 aromatic rings. The summed E-state index contributed by atoms with van der Waals surface area (Å²) in [7, 11) is 3.71. The minimum atomic E-state index is -0.590. The molecule has 8 nitrogen and oxygen atoms in total. The van der Waals surface area contributed by atoms with Crippen LogP contribution in [0.1, 0.15) is 72.5 Å². The Hall–Kier alpha value is -3.42. The molecule has 8 heteroatoms. The van der Waals surface area contributed by atoms with Crippen LogP contribution in [0.25, 0.3) is 11.0 Å². The summed E-state index contributed by atoms with van der Waals surface area (Å²) in [5.74, 6) is -0.0686. The van der Waals surface area contributed by atoms with Crippen LogP contribution in [0.15, 0.2) is 39.9 Å². The minimum Gasteiger partial charge on any atom is -0.372 e. The number of hydrogen-bond acceptors (Lipinski definition) is 5. The smallest absolute Gasteiger partial charge is 0.329 e. The number of hydrogen-bond donors (Lipinski definition) is 2. The van der Waals surface area contributed by atoms with Gasteiger partial charge in [0.15, 0.2) is 0 Å². The highest BCUT2D eigenvalue weighted by molar-refractivity contribution is 6.05. The van der Waals surface area contributed by atoms with Crippen molar-refractivity contribution in [2.75, 3.05) is 11.9 Å². The van der Waals surface area contributed by atoms with Crippen LogP contribution in [-0.4, -0.2) is 33.5 Å². The molecule has 0 spiro atoms. The lowest BCUT2D eigenvalue weighted by Crippen LogP contribution is -2.33. The van der Waals surface area contributed by atoms with Crippen molar-refractivity contribution in [3.8, 4) is 0 Å². The first-order valence-electron chi connectivity index (χ1n) is 12.2. The van der Waals surface area contributed by atoms with E-state index in [2.05, 4.69) is 39.4 Å². The van der Waals surface area contributed by atoms with E-state index < -0.39 is 11.2 Å². The minimum absolute atomic E-state index is 0.147. The largest absolute Gasteiger partial charge is 0.372 e. The number of anilines is 1. The Morgan fingerprint density at radius 3 is 2.50 bits per heavy atom. The number of benzene rings is 1. The Morgan fingerprint density at radius 1 is 1.12 bits per heavy atom. The fourth-order valence-corrected chi connectivity index (χ4v) is 4.93. The SMILES string of the molecule is CN(c1ccc(CNC(=O)c2cc(C3CC3)nc3c2c(=O)[nH]c(=O)n3C)cc1)C1CCCCC1. The molecule has 0 saturated heterocycles. The molecule has 1 aromatic carbocycles. The maximum Gasteiger partial charge on any atom is 0.329 e. The summed E-state index contributed by atoms with van der Waals surface area (Å²) in [6, 6.07) is 10.6. The van der Waals surface area contributed by atoms with E-state index in [4.69, 9.17) is 0 Å². The van der Waals surface area contributed by atoms with Gasteiger partial charge in [0, 0.05) is 44.0 Å². The van der Waals surface area contributed by atoms with E-state index in [1.165, 1.54) is 42.4 Å². The second kappa shape index (κ2) is 9.08. The Balaban J connectivity index is 1.35. The van der Waals surface area contributed by atoms with Crippen molar-refractivity contribution in [1.82, 2.24) is 19.9 Å². The van der Waals surface area contributed by atoms with Crippen LogP contribution >= 0.6 is 0 Å². The highest BCUT2D eigenvalue weighted by Crippen LogP contribution is 2.39. The third-order valence-corrected chi connectivity index (χ3v) is 7.25. The average molecular weight is 462 g/mol. The normalized spacial score (nSPS) is 16.5. The van der Waals surface area contributed by atoms with E-state index in [0.29, 0.717) is 12.6 Å². The lowest BCUT2D eigenvalue weighted by Gasteiger charge is -2.33. The van der Waals surface area contributed by atoms with Crippen LogP contribution in [-0.2, 0) is 13.6 Å². The van der Waals surface area contributed by atoms with Gasteiger partial charge in [0.05, 0.1) is 10.9 Å². The van der Waals surface area contributed by atoms with Crippen molar-refractivity contribution in [2.45, 2.75) is 63.5 Å². The summed E-state index contributed by atoms with van der Waals surface area (Å²) >= 11 is 0. The number of fused-ring (bicyclic) bond motifs is 1. The van der Waals surface area contributed by atoms with Gasteiger partial charge in [-0.3, -0.25) is 19.1 Å². The van der Waals surface area contributed by atoms with Gasteiger partial charge in [-0.1, -0.05) is 31.4 Å². The van der Waals surface area contributed by atoms with E-state index in [1.807, 2.05) is 12.1 Å². The fraction of sp³-hybridized carbons (Fsp3) is 0.462. The maximum absolute atomic E-state index is 13.2. The highest BCUT2D eigenvalue weighted by Gasteiger charge is 2.28. The van der Waals surface area contributed by atoms with Gasteiger partial charge in [-0.25, -0.2) is 9.78 Å². The molecule has 2 heterocycles. The zero-order valence-electron chi connectivity index (χ0n) is 19.8. The predicted molar refractivity (Wildman–Crippen MR) is 132 cm³/mol. The zero-order valence-corrected chi connectivity index (χ0v) is 19.8. The number of aromatic nitrogens is 3. The fourth-order valence-electron chi connectivity index (χ4n) is 4.93. The van der Waals surface area contributed by atoms with Gasteiger partial charge >= 0.3 is 5.69 Å². The van der Waals surface area contributed by atoms with Gasteiger partial charge in [-0.15, -0.1) is 0 Å². The van der Waals surface area contributed by atoms with Crippen LogP contribution in [0.4, 0.5) is 5.69 Å². The van der Waals surface area contributed by atoms with E-state index in [9.17, 15) is 14.4 Å². The standard InChI is InChI=1S/C26H31N5O3/c1-30(18-6-4-3-5-7-18)19-12-8-16(9-13-19)15-27-24(32)20-14-21(17-10-11-17)28-23-22(20)25(33)29-26(34)31(23)2/h8-9,12-14,17-18H,3-7,10-11,15H2,1-2H3,(H,27,32)(H,29,33,34). The Kier molecular flexibility index (Phi) is 5.98. The number of carbonyl (C=O) groups is 1. The van der Waals surface area contributed by atoms with Crippen molar-refractivity contribution < 1.29 is 4.79 Å². The summed E-state index contributed by atoms with van der Waals surface area (Å²) in [6.07, 6.45) is 8.39. The number of aromatic amines is 1. The number of rotatable bonds is 6. The van der Waals surface area contributed by atoms with Crippen LogP contribution in [0.2, 0.25) is 0 Å². The number of carbonyl (C=O) groups excluding carboxylic acids is 1. The van der Waals surface area contributed by atoms with Crippen molar-refractivity contribution in [1.29, 1.82) is 0 Å². The van der Waals surface area contributed by atoms with Crippen LogP contribution in [0, 0.1) is 0 Å². The quantitative estimate of drug-likeness (QED) is 0.587. The first-order valence-corrected chi connectivity index (χ1v) is 12.2. The maximum atomic E-state index is 13.2. The highest BCUT2D eigenvalue weighted by atomic mass is 16.2. The second-order valence-electron chi connectivity index (χ2n) is 9.64. The Bertz CT molecular complexity index is 1330. The molecule has 2 aliphatic rings. The van der Waals surface area contributed by atoms with E-state index >= 15 is 0 Å². The number of amides is 1. The molecule has 2 N–H and O–H groups in total. The molecular formula is C26H31N5O3. The average Bonchev–Trinajstić information content (AvgIpc) is 3.71. The first kappa shape index (κ1) is 22.4. The summed E-state index contributed by atoms with van der Waals surface area (Å²) in [6.45, 7) is 0.346. The van der Waals surface area contributed by atoms with Crippen molar-refractivity contribution in [2.24, 2.45) is 7.05 Å². The Morgan fingerprint density at radius 2 is 1.82 bits per heavy atom. The van der Waals surface area contributed by atoms with Gasteiger partial charge in [0.25, 0.3) is 11.5 Å². The van der Waals surface area contributed by atoms with E-state index in [-0.39, 0.29) is 28.4 Å². The topological polar surface area (TPSA) is 100 Å². The molecule has 2 saturated carbocycles. The van der Waals surface area contributed by atoms with Gasteiger partial charge in [0.1, 0.15) is 5.65 Å². The molecular weight excluding hydrogens is 430 g/mol. The molecule has 1 amide bonds. The monoisotopic (exact) mass is 461 g/mol. The van der Waals surface area contributed by atoms with Crippen molar-refractivity contribution in [3.05, 3.63) is 68.0 Å². The number of aryl methyl sites for hydroxylation is 1. The molecule has 2 aromatic heterocycles. The van der Waals surface area contributed by atoms with Crippen molar-refractivity contribution in [3.63, 3.8) is 0 Å².